The first-order chi connectivity index (χ1) is 9.31. The topological polar surface area (TPSA) is 64.2 Å². The average Bonchev–Trinajstić information content (AvgIpc) is 2.69. The second-order valence-corrected chi connectivity index (χ2v) is 5.57. The van der Waals surface area contributed by atoms with Crippen LogP contribution in [0, 0.1) is 0 Å². The molecule has 0 bridgehead atoms. The van der Waals surface area contributed by atoms with E-state index in [0.29, 0.717) is 0 Å². The van der Waals surface area contributed by atoms with Crippen molar-refractivity contribution in [3.8, 4) is 5.69 Å². The van der Waals surface area contributed by atoms with Gasteiger partial charge in [-0.2, -0.15) is 0 Å². The molecular weight excluding hydrogens is 256 g/mol. The highest BCUT2D eigenvalue weighted by molar-refractivity contribution is 5.69. The number of aryl methyl sites for hydroxylation is 1. The molecule has 2 aromatic rings. The Morgan fingerprint density at radius 1 is 1.30 bits per heavy atom. The molecule has 20 heavy (non-hydrogen) atoms. The molecule has 2 rings (SSSR count). The van der Waals surface area contributed by atoms with Crippen LogP contribution in [0.3, 0.4) is 0 Å². The molecule has 0 aliphatic rings. The molecule has 1 N–H and O–H groups in total. The van der Waals surface area contributed by atoms with Crippen LogP contribution >= 0.6 is 0 Å². The highest BCUT2D eigenvalue weighted by atomic mass is 16.4. The third-order valence-corrected chi connectivity index (χ3v) is 3.45. The Labute approximate surface area is 117 Å². The number of nitrogens with zero attached hydrogens (tertiary/aromatic N) is 2. The molecule has 0 aliphatic carbocycles. The van der Waals surface area contributed by atoms with Crippen molar-refractivity contribution in [1.82, 2.24) is 9.13 Å². The largest absolute Gasteiger partial charge is 0.481 e. The summed E-state index contributed by atoms with van der Waals surface area (Å²) in [5.41, 5.74) is 1.03. The van der Waals surface area contributed by atoms with Crippen LogP contribution in [0.2, 0.25) is 0 Å². The highest BCUT2D eigenvalue weighted by Gasteiger charge is 2.24. The Balaban J connectivity index is 2.45. The molecule has 0 aliphatic heterocycles. The van der Waals surface area contributed by atoms with E-state index in [0.717, 1.165) is 11.3 Å². The van der Waals surface area contributed by atoms with Gasteiger partial charge in [-0.15, -0.1) is 0 Å². The van der Waals surface area contributed by atoms with Gasteiger partial charge in [-0.25, -0.2) is 4.79 Å². The molecule has 5 heteroatoms. The summed E-state index contributed by atoms with van der Waals surface area (Å²) in [5.74, 6) is -0.836. The molecule has 5 nitrogen and oxygen atoms in total. The minimum Gasteiger partial charge on any atom is -0.481 e. The van der Waals surface area contributed by atoms with Crippen molar-refractivity contribution >= 4 is 5.97 Å². The van der Waals surface area contributed by atoms with Crippen LogP contribution in [0.4, 0.5) is 0 Å². The Kier molecular flexibility index (Phi) is 3.53. The minimum absolute atomic E-state index is 0.0418. The first-order valence-corrected chi connectivity index (χ1v) is 6.38. The van der Waals surface area contributed by atoms with Crippen LogP contribution in [0.5, 0.6) is 0 Å². The van der Waals surface area contributed by atoms with Gasteiger partial charge in [-0.1, -0.05) is 26.0 Å². The molecule has 0 amide bonds. The third kappa shape index (κ3) is 2.66. The standard InChI is InChI=1S/C15H18N2O3/c1-15(2,10-13(18)19)11-5-4-6-12(9-11)17-8-7-16(3)14(17)20/h4-9H,10H2,1-3H3,(H,18,19). The van der Waals surface area contributed by atoms with E-state index in [1.54, 1.807) is 24.0 Å². The van der Waals surface area contributed by atoms with Crippen molar-refractivity contribution in [2.24, 2.45) is 7.05 Å². The summed E-state index contributed by atoms with van der Waals surface area (Å²) >= 11 is 0. The molecule has 106 valence electrons. The third-order valence-electron chi connectivity index (χ3n) is 3.45. The zero-order chi connectivity index (χ0) is 14.9. The maximum Gasteiger partial charge on any atom is 0.332 e. The summed E-state index contributed by atoms with van der Waals surface area (Å²) in [6, 6.07) is 7.43. The molecule has 0 unspecified atom stereocenters. The maximum absolute atomic E-state index is 11.9. The lowest BCUT2D eigenvalue weighted by atomic mass is 9.81. The smallest absolute Gasteiger partial charge is 0.332 e. The molecule has 0 spiro atoms. The normalized spacial score (nSPS) is 11.6. The Morgan fingerprint density at radius 2 is 2.00 bits per heavy atom. The van der Waals surface area contributed by atoms with Crippen LogP contribution < -0.4 is 5.69 Å². The molecule has 1 heterocycles. The van der Waals surface area contributed by atoms with Gasteiger partial charge in [0.05, 0.1) is 12.1 Å². The number of imidazole rings is 1. The first kappa shape index (κ1) is 14.1. The van der Waals surface area contributed by atoms with Gasteiger partial charge in [0.15, 0.2) is 0 Å². The quantitative estimate of drug-likeness (QED) is 0.926. The molecule has 1 aromatic heterocycles. The monoisotopic (exact) mass is 274 g/mol. The zero-order valence-corrected chi connectivity index (χ0v) is 11.8. The molecule has 1 aromatic carbocycles. The summed E-state index contributed by atoms with van der Waals surface area (Å²) in [7, 11) is 1.69. The van der Waals surface area contributed by atoms with E-state index in [1.165, 1.54) is 4.57 Å². The van der Waals surface area contributed by atoms with E-state index in [9.17, 15) is 9.59 Å². The lowest BCUT2D eigenvalue weighted by Gasteiger charge is -2.23. The lowest BCUT2D eigenvalue weighted by Crippen LogP contribution is -2.23. The fourth-order valence-corrected chi connectivity index (χ4v) is 2.22. The predicted molar refractivity (Wildman–Crippen MR) is 76.3 cm³/mol. The summed E-state index contributed by atoms with van der Waals surface area (Å²) in [4.78, 5) is 22.9. The molecular formula is C15H18N2O3. The van der Waals surface area contributed by atoms with Gasteiger partial charge in [0.25, 0.3) is 0 Å². The van der Waals surface area contributed by atoms with Crippen LogP contribution in [0.25, 0.3) is 5.69 Å². The van der Waals surface area contributed by atoms with Crippen molar-refractivity contribution in [1.29, 1.82) is 0 Å². The summed E-state index contributed by atoms with van der Waals surface area (Å²) in [6.07, 6.45) is 3.43. The fraction of sp³-hybridized carbons (Fsp3) is 0.333. The molecule has 0 fully saturated rings. The van der Waals surface area contributed by atoms with Crippen LogP contribution in [-0.2, 0) is 17.3 Å². The van der Waals surface area contributed by atoms with Crippen molar-refractivity contribution in [3.63, 3.8) is 0 Å². The number of hydrogen-bond acceptors (Lipinski definition) is 2. The van der Waals surface area contributed by atoms with E-state index in [-0.39, 0.29) is 12.1 Å². The maximum atomic E-state index is 11.9. The van der Waals surface area contributed by atoms with Crippen molar-refractivity contribution in [2.45, 2.75) is 25.7 Å². The second kappa shape index (κ2) is 5.00. The molecule has 0 radical (unpaired) electrons. The average molecular weight is 274 g/mol. The van der Waals surface area contributed by atoms with E-state index in [2.05, 4.69) is 0 Å². The SMILES string of the molecule is Cn1ccn(-c2cccc(C(C)(C)CC(=O)O)c2)c1=O. The van der Waals surface area contributed by atoms with Gasteiger partial charge in [-0.3, -0.25) is 9.36 Å². The lowest BCUT2D eigenvalue weighted by molar-refractivity contribution is -0.138. The minimum atomic E-state index is -0.836. The number of carbonyl (C=O) groups is 1. The molecule has 0 atom stereocenters. The van der Waals surface area contributed by atoms with E-state index >= 15 is 0 Å². The van der Waals surface area contributed by atoms with Gasteiger partial charge >= 0.3 is 11.7 Å². The number of carboxylic acid groups (broad SMARTS) is 1. The Morgan fingerprint density at radius 3 is 2.55 bits per heavy atom. The highest BCUT2D eigenvalue weighted by Crippen LogP contribution is 2.28. The number of benzene rings is 1. The van der Waals surface area contributed by atoms with Crippen molar-refractivity contribution < 1.29 is 9.90 Å². The molecule has 0 saturated heterocycles. The van der Waals surface area contributed by atoms with Gasteiger partial charge in [0.1, 0.15) is 0 Å². The number of aliphatic carboxylic acids is 1. The van der Waals surface area contributed by atoms with Crippen LogP contribution in [0.15, 0.2) is 41.5 Å². The number of aromatic nitrogens is 2. The number of rotatable bonds is 4. The number of carboxylic acids is 1. The Hall–Kier alpha value is -2.30. The predicted octanol–water partition coefficient (Wildman–Crippen LogP) is 1.93. The first-order valence-electron chi connectivity index (χ1n) is 6.38. The van der Waals surface area contributed by atoms with Crippen LogP contribution in [0.1, 0.15) is 25.8 Å². The van der Waals surface area contributed by atoms with E-state index in [1.807, 2.05) is 38.1 Å². The van der Waals surface area contributed by atoms with Gasteiger partial charge in [-0.05, 0) is 17.7 Å². The number of hydrogen-bond donors (Lipinski definition) is 1. The van der Waals surface area contributed by atoms with Crippen molar-refractivity contribution in [2.75, 3.05) is 0 Å². The summed E-state index contributed by atoms with van der Waals surface area (Å²) < 4.78 is 3.04. The van der Waals surface area contributed by atoms with Crippen LogP contribution in [-0.4, -0.2) is 20.2 Å². The second-order valence-electron chi connectivity index (χ2n) is 5.57. The van der Waals surface area contributed by atoms with Gasteiger partial charge < -0.3 is 9.67 Å². The van der Waals surface area contributed by atoms with E-state index < -0.39 is 11.4 Å². The van der Waals surface area contributed by atoms with Gasteiger partial charge in [0.2, 0.25) is 0 Å². The molecule has 0 saturated carbocycles. The Bertz CT molecular complexity index is 695. The van der Waals surface area contributed by atoms with Gasteiger partial charge in [0, 0.05) is 24.9 Å². The summed E-state index contributed by atoms with van der Waals surface area (Å²) in [5, 5.41) is 8.99. The zero-order valence-electron chi connectivity index (χ0n) is 11.8. The van der Waals surface area contributed by atoms with Crippen molar-refractivity contribution in [3.05, 3.63) is 52.7 Å². The fourth-order valence-electron chi connectivity index (χ4n) is 2.22. The van der Waals surface area contributed by atoms with E-state index in [4.69, 9.17) is 5.11 Å². The summed E-state index contributed by atoms with van der Waals surface area (Å²) in [6.45, 7) is 3.77.